The number of aryl methyl sites for hydroxylation is 1. The molecule has 3 nitrogen and oxygen atoms in total. The highest BCUT2D eigenvalue weighted by molar-refractivity contribution is 8.00. The average molecular weight is 316 g/mol. The number of nitrogens with zero attached hydrogens (tertiary/aromatic N) is 1. The summed E-state index contributed by atoms with van der Waals surface area (Å²) in [7, 11) is 0. The van der Waals surface area contributed by atoms with E-state index in [0.717, 1.165) is 22.0 Å². The minimum Gasteiger partial charge on any atom is -0.360 e. The van der Waals surface area contributed by atoms with Gasteiger partial charge in [0.2, 0.25) is 0 Å². The molecular formula is C16H14ClN3S. The molecule has 0 spiro atoms. The number of hydrogen-bond donors (Lipinski definition) is 2. The number of H-pyrrole nitrogens is 1. The molecular weight excluding hydrogens is 302 g/mol. The molecule has 0 saturated carbocycles. The molecule has 106 valence electrons. The molecule has 0 radical (unpaired) electrons. The van der Waals surface area contributed by atoms with Gasteiger partial charge in [0.1, 0.15) is 0 Å². The fraction of sp³-hybridized carbons (Fsp3) is 0.0625. The Bertz CT molecular complexity index is 740. The van der Waals surface area contributed by atoms with Crippen LogP contribution >= 0.6 is 23.5 Å². The lowest BCUT2D eigenvalue weighted by Gasteiger charge is -2.05. The predicted molar refractivity (Wildman–Crippen MR) is 89.7 cm³/mol. The summed E-state index contributed by atoms with van der Waals surface area (Å²) in [6.45, 7) is 1.92. The quantitative estimate of drug-likeness (QED) is 0.516. The molecule has 1 aromatic carbocycles. The first-order valence-electron chi connectivity index (χ1n) is 6.52. The van der Waals surface area contributed by atoms with Gasteiger partial charge in [-0.2, -0.15) is 0 Å². The van der Waals surface area contributed by atoms with Crippen LogP contribution in [-0.4, -0.2) is 9.97 Å². The second-order valence-corrected chi connectivity index (χ2v) is 5.85. The van der Waals surface area contributed by atoms with Crippen molar-refractivity contribution in [1.82, 2.24) is 9.97 Å². The number of benzene rings is 1. The van der Waals surface area contributed by atoms with Crippen molar-refractivity contribution in [1.29, 1.82) is 0 Å². The second-order valence-electron chi connectivity index (χ2n) is 4.61. The maximum absolute atomic E-state index is 6.10. The van der Waals surface area contributed by atoms with Gasteiger partial charge < -0.3 is 9.71 Å². The molecule has 0 amide bonds. The molecule has 0 saturated heterocycles. The van der Waals surface area contributed by atoms with Gasteiger partial charge in [0.15, 0.2) is 5.15 Å². The highest BCUT2D eigenvalue weighted by Gasteiger charge is 2.05. The van der Waals surface area contributed by atoms with Crippen molar-refractivity contribution in [3.8, 4) is 11.3 Å². The molecule has 0 bridgehead atoms. The topological polar surface area (TPSA) is 40.7 Å². The van der Waals surface area contributed by atoms with Gasteiger partial charge >= 0.3 is 0 Å². The Hall–Kier alpha value is -1.91. The first-order chi connectivity index (χ1) is 10.2. The fourth-order valence-electron chi connectivity index (χ4n) is 1.93. The molecule has 2 heterocycles. The van der Waals surface area contributed by atoms with Crippen molar-refractivity contribution in [3.63, 3.8) is 0 Å². The van der Waals surface area contributed by atoms with Gasteiger partial charge in [0.05, 0.1) is 5.69 Å². The molecule has 3 rings (SSSR count). The van der Waals surface area contributed by atoms with Crippen LogP contribution in [-0.2, 0) is 0 Å². The van der Waals surface area contributed by atoms with E-state index in [-0.39, 0.29) is 0 Å². The van der Waals surface area contributed by atoms with Crippen LogP contribution in [0.5, 0.6) is 0 Å². The summed E-state index contributed by atoms with van der Waals surface area (Å²) >= 11 is 7.61. The largest absolute Gasteiger partial charge is 0.360 e. The number of nitrogens with one attached hydrogen (secondary N) is 2. The first kappa shape index (κ1) is 14.0. The van der Waals surface area contributed by atoms with Gasteiger partial charge in [-0.05, 0) is 42.6 Å². The van der Waals surface area contributed by atoms with Crippen LogP contribution in [0.15, 0.2) is 59.6 Å². The van der Waals surface area contributed by atoms with Crippen LogP contribution in [0.4, 0.5) is 5.69 Å². The van der Waals surface area contributed by atoms with E-state index in [4.69, 9.17) is 11.6 Å². The standard InChI is InChI=1S/C16H14ClN3S/c1-11-7-8-14(16(17)19-11)20-21-13-9-15(18-10-13)12-5-3-2-4-6-12/h2-10,18,20H,1H3. The maximum atomic E-state index is 6.10. The van der Waals surface area contributed by atoms with Gasteiger partial charge in [0, 0.05) is 22.5 Å². The van der Waals surface area contributed by atoms with Crippen LogP contribution in [0.3, 0.4) is 0 Å². The highest BCUT2D eigenvalue weighted by Crippen LogP contribution is 2.28. The van der Waals surface area contributed by atoms with Crippen LogP contribution in [0.25, 0.3) is 11.3 Å². The van der Waals surface area contributed by atoms with Crippen LogP contribution in [0, 0.1) is 6.92 Å². The van der Waals surface area contributed by atoms with Gasteiger partial charge in [-0.15, -0.1) is 0 Å². The number of halogens is 1. The lowest BCUT2D eigenvalue weighted by molar-refractivity contribution is 1.20. The van der Waals surface area contributed by atoms with Crippen LogP contribution in [0.1, 0.15) is 5.69 Å². The molecule has 0 unspecified atom stereocenters. The summed E-state index contributed by atoms with van der Waals surface area (Å²) in [5.74, 6) is 0. The molecule has 0 aliphatic carbocycles. The van der Waals surface area contributed by atoms with Crippen molar-refractivity contribution >= 4 is 29.2 Å². The van der Waals surface area contributed by atoms with E-state index in [1.807, 2.05) is 43.5 Å². The summed E-state index contributed by atoms with van der Waals surface area (Å²) in [6, 6.07) is 16.2. The summed E-state index contributed by atoms with van der Waals surface area (Å²) < 4.78 is 3.22. The second kappa shape index (κ2) is 6.24. The zero-order valence-corrected chi connectivity index (χ0v) is 13.0. The van der Waals surface area contributed by atoms with Gasteiger partial charge in [-0.1, -0.05) is 41.9 Å². The lowest BCUT2D eigenvalue weighted by Crippen LogP contribution is -1.90. The highest BCUT2D eigenvalue weighted by atomic mass is 35.5. The van der Waals surface area contributed by atoms with E-state index in [9.17, 15) is 0 Å². The van der Waals surface area contributed by atoms with Gasteiger partial charge in [-0.25, -0.2) is 4.98 Å². The van der Waals surface area contributed by atoms with Crippen molar-refractivity contribution in [2.24, 2.45) is 0 Å². The Morgan fingerprint density at radius 3 is 2.71 bits per heavy atom. The first-order valence-corrected chi connectivity index (χ1v) is 7.71. The zero-order chi connectivity index (χ0) is 14.7. The number of anilines is 1. The van der Waals surface area contributed by atoms with E-state index in [2.05, 4.69) is 32.9 Å². The maximum Gasteiger partial charge on any atom is 0.153 e. The van der Waals surface area contributed by atoms with E-state index in [1.165, 1.54) is 17.5 Å². The van der Waals surface area contributed by atoms with Gasteiger partial charge in [-0.3, -0.25) is 0 Å². The van der Waals surface area contributed by atoms with Crippen molar-refractivity contribution in [2.45, 2.75) is 11.8 Å². The van der Waals surface area contributed by atoms with Crippen molar-refractivity contribution < 1.29 is 0 Å². The normalized spacial score (nSPS) is 10.6. The molecule has 0 atom stereocenters. The molecule has 2 aromatic heterocycles. The third kappa shape index (κ3) is 3.40. The minimum absolute atomic E-state index is 0.487. The molecule has 5 heteroatoms. The number of hydrogen-bond acceptors (Lipinski definition) is 3. The lowest BCUT2D eigenvalue weighted by atomic mass is 10.2. The van der Waals surface area contributed by atoms with Crippen LogP contribution in [0.2, 0.25) is 5.15 Å². The zero-order valence-electron chi connectivity index (χ0n) is 11.4. The SMILES string of the molecule is Cc1ccc(NSc2c[nH]c(-c3ccccc3)c2)c(Cl)n1. The Morgan fingerprint density at radius 2 is 1.95 bits per heavy atom. The predicted octanol–water partition coefficient (Wildman–Crippen LogP) is 5.16. The van der Waals surface area contributed by atoms with Crippen molar-refractivity contribution in [3.05, 3.63) is 65.6 Å². The Morgan fingerprint density at radius 1 is 1.14 bits per heavy atom. The van der Waals surface area contributed by atoms with E-state index < -0.39 is 0 Å². The third-order valence-corrected chi connectivity index (χ3v) is 4.09. The molecule has 3 aromatic rings. The number of aromatic amines is 1. The Balaban J connectivity index is 1.70. The molecule has 0 aliphatic heterocycles. The fourth-order valence-corrected chi connectivity index (χ4v) is 2.92. The molecule has 0 aliphatic rings. The van der Waals surface area contributed by atoms with E-state index in [0.29, 0.717) is 5.15 Å². The summed E-state index contributed by atoms with van der Waals surface area (Å²) in [5.41, 5.74) is 3.98. The average Bonchev–Trinajstić information content (AvgIpc) is 2.96. The summed E-state index contributed by atoms with van der Waals surface area (Å²) in [4.78, 5) is 8.58. The van der Waals surface area contributed by atoms with Gasteiger partial charge in [0.25, 0.3) is 0 Å². The number of rotatable bonds is 4. The molecule has 2 N–H and O–H groups in total. The third-order valence-electron chi connectivity index (χ3n) is 3.01. The minimum atomic E-state index is 0.487. The summed E-state index contributed by atoms with van der Waals surface area (Å²) in [5, 5.41) is 0.487. The van der Waals surface area contributed by atoms with E-state index in [1.54, 1.807) is 0 Å². The molecule has 0 fully saturated rings. The number of pyridine rings is 1. The Labute approximate surface area is 132 Å². The van der Waals surface area contributed by atoms with Crippen LogP contribution < -0.4 is 4.72 Å². The van der Waals surface area contributed by atoms with Crippen molar-refractivity contribution in [2.75, 3.05) is 4.72 Å². The molecule has 21 heavy (non-hydrogen) atoms. The Kier molecular flexibility index (Phi) is 4.18. The smallest absolute Gasteiger partial charge is 0.153 e. The summed E-state index contributed by atoms with van der Waals surface area (Å²) in [6.07, 6.45) is 1.97. The van der Waals surface area contributed by atoms with E-state index >= 15 is 0 Å². The monoisotopic (exact) mass is 315 g/mol. The number of aromatic nitrogens is 2.